The molecule has 1 N–H and O–H groups in total. The fourth-order valence-electron chi connectivity index (χ4n) is 2.22. The lowest BCUT2D eigenvalue weighted by Gasteiger charge is -2.35. The standard InChI is InChI=1S/C14H21NO/c1-11-6-4-7-13(12(11)2)16-14(3)8-5-9-15-10-14/h4,6-7,15H,5,8-10H2,1-3H3. The second-order valence-electron chi connectivity index (χ2n) is 5.03. The van der Waals surface area contributed by atoms with Crippen molar-refractivity contribution < 1.29 is 4.74 Å². The highest BCUT2D eigenvalue weighted by Crippen LogP contribution is 2.28. The third-order valence-corrected chi connectivity index (χ3v) is 3.47. The largest absolute Gasteiger partial charge is 0.486 e. The monoisotopic (exact) mass is 219 g/mol. The Labute approximate surface area is 98.0 Å². The Bertz CT molecular complexity index is 367. The van der Waals surface area contributed by atoms with Gasteiger partial charge in [-0.05, 0) is 57.4 Å². The van der Waals surface area contributed by atoms with Gasteiger partial charge in [-0.1, -0.05) is 12.1 Å². The number of hydrogen-bond acceptors (Lipinski definition) is 2. The van der Waals surface area contributed by atoms with E-state index in [1.165, 1.54) is 17.5 Å². The van der Waals surface area contributed by atoms with Gasteiger partial charge in [0.1, 0.15) is 11.4 Å². The molecule has 2 rings (SSSR count). The lowest BCUT2D eigenvalue weighted by molar-refractivity contribution is 0.0607. The summed E-state index contributed by atoms with van der Waals surface area (Å²) in [6.45, 7) is 8.51. The van der Waals surface area contributed by atoms with Crippen molar-refractivity contribution in [2.45, 2.75) is 39.2 Å². The summed E-state index contributed by atoms with van der Waals surface area (Å²) in [7, 11) is 0. The number of piperidine rings is 1. The minimum atomic E-state index is -0.0448. The molecule has 1 atom stereocenters. The van der Waals surface area contributed by atoms with Gasteiger partial charge in [0, 0.05) is 6.54 Å². The molecule has 1 heterocycles. The molecule has 1 fully saturated rings. The van der Waals surface area contributed by atoms with Gasteiger partial charge in [-0.25, -0.2) is 0 Å². The molecule has 16 heavy (non-hydrogen) atoms. The zero-order chi connectivity index (χ0) is 11.6. The van der Waals surface area contributed by atoms with E-state index in [1.54, 1.807) is 0 Å². The fourth-order valence-corrected chi connectivity index (χ4v) is 2.22. The summed E-state index contributed by atoms with van der Waals surface area (Å²) in [6.07, 6.45) is 2.33. The molecule has 1 saturated heterocycles. The first-order valence-corrected chi connectivity index (χ1v) is 6.07. The van der Waals surface area contributed by atoms with Crippen LogP contribution in [0.4, 0.5) is 0 Å². The molecule has 1 aliphatic heterocycles. The first-order valence-electron chi connectivity index (χ1n) is 6.07. The number of nitrogens with one attached hydrogen (secondary N) is 1. The third-order valence-electron chi connectivity index (χ3n) is 3.47. The Balaban J connectivity index is 2.16. The van der Waals surface area contributed by atoms with Crippen LogP contribution in [0.5, 0.6) is 5.75 Å². The van der Waals surface area contributed by atoms with Gasteiger partial charge >= 0.3 is 0 Å². The van der Waals surface area contributed by atoms with E-state index >= 15 is 0 Å². The molecule has 0 bridgehead atoms. The van der Waals surface area contributed by atoms with Crippen molar-refractivity contribution in [2.75, 3.05) is 13.1 Å². The molecule has 0 saturated carbocycles. The Morgan fingerprint density at radius 1 is 1.31 bits per heavy atom. The van der Waals surface area contributed by atoms with Crippen molar-refractivity contribution in [1.82, 2.24) is 5.32 Å². The van der Waals surface area contributed by atoms with E-state index in [0.717, 1.165) is 25.3 Å². The first-order chi connectivity index (χ1) is 7.61. The fraction of sp³-hybridized carbons (Fsp3) is 0.571. The van der Waals surface area contributed by atoms with Crippen LogP contribution >= 0.6 is 0 Å². The Kier molecular flexibility index (Phi) is 3.20. The second kappa shape index (κ2) is 4.46. The summed E-state index contributed by atoms with van der Waals surface area (Å²) in [5, 5.41) is 3.40. The van der Waals surface area contributed by atoms with E-state index in [-0.39, 0.29) is 5.60 Å². The predicted molar refractivity (Wildman–Crippen MR) is 67.1 cm³/mol. The maximum Gasteiger partial charge on any atom is 0.123 e. The Morgan fingerprint density at radius 3 is 2.81 bits per heavy atom. The molecule has 1 aromatic carbocycles. The van der Waals surface area contributed by atoms with Crippen molar-refractivity contribution in [3.63, 3.8) is 0 Å². The summed E-state index contributed by atoms with van der Waals surface area (Å²) in [4.78, 5) is 0. The molecule has 1 unspecified atom stereocenters. The van der Waals surface area contributed by atoms with Gasteiger partial charge in [-0.3, -0.25) is 0 Å². The number of ether oxygens (including phenoxy) is 1. The predicted octanol–water partition coefficient (Wildman–Crippen LogP) is 2.82. The summed E-state index contributed by atoms with van der Waals surface area (Å²) < 4.78 is 6.19. The highest BCUT2D eigenvalue weighted by atomic mass is 16.5. The molecule has 0 radical (unpaired) electrons. The van der Waals surface area contributed by atoms with Crippen molar-refractivity contribution in [1.29, 1.82) is 0 Å². The van der Waals surface area contributed by atoms with Gasteiger partial charge < -0.3 is 10.1 Å². The lowest BCUT2D eigenvalue weighted by atomic mass is 9.96. The first kappa shape index (κ1) is 11.5. The minimum absolute atomic E-state index is 0.0448. The van der Waals surface area contributed by atoms with Gasteiger partial charge in [0.05, 0.1) is 0 Å². The van der Waals surface area contributed by atoms with Crippen LogP contribution in [0.1, 0.15) is 30.9 Å². The zero-order valence-corrected chi connectivity index (χ0v) is 10.5. The minimum Gasteiger partial charge on any atom is -0.486 e. The molecule has 0 aliphatic carbocycles. The van der Waals surface area contributed by atoms with E-state index < -0.39 is 0 Å². The van der Waals surface area contributed by atoms with Crippen LogP contribution in [-0.2, 0) is 0 Å². The van der Waals surface area contributed by atoms with Crippen molar-refractivity contribution in [3.05, 3.63) is 29.3 Å². The van der Waals surface area contributed by atoms with Gasteiger partial charge in [0.2, 0.25) is 0 Å². The van der Waals surface area contributed by atoms with Crippen LogP contribution in [0.3, 0.4) is 0 Å². The molecule has 0 amide bonds. The van der Waals surface area contributed by atoms with Crippen LogP contribution in [0.25, 0.3) is 0 Å². The van der Waals surface area contributed by atoms with Gasteiger partial charge in [0.15, 0.2) is 0 Å². The van der Waals surface area contributed by atoms with E-state index in [9.17, 15) is 0 Å². The average Bonchev–Trinajstić information content (AvgIpc) is 2.26. The van der Waals surface area contributed by atoms with Crippen LogP contribution in [-0.4, -0.2) is 18.7 Å². The lowest BCUT2D eigenvalue weighted by Crippen LogP contribution is -2.47. The summed E-state index contributed by atoms with van der Waals surface area (Å²) in [5.41, 5.74) is 2.51. The molecule has 1 aromatic rings. The average molecular weight is 219 g/mol. The number of hydrogen-bond donors (Lipinski definition) is 1. The van der Waals surface area contributed by atoms with Crippen molar-refractivity contribution >= 4 is 0 Å². The highest BCUT2D eigenvalue weighted by Gasteiger charge is 2.29. The zero-order valence-electron chi connectivity index (χ0n) is 10.5. The van der Waals surface area contributed by atoms with Crippen LogP contribution in [0.2, 0.25) is 0 Å². The van der Waals surface area contributed by atoms with Gasteiger partial charge in [-0.15, -0.1) is 0 Å². The summed E-state index contributed by atoms with van der Waals surface area (Å²) >= 11 is 0. The summed E-state index contributed by atoms with van der Waals surface area (Å²) in [6, 6.07) is 6.27. The topological polar surface area (TPSA) is 21.3 Å². The molecule has 1 aliphatic rings. The Hall–Kier alpha value is -1.02. The van der Waals surface area contributed by atoms with Crippen LogP contribution < -0.4 is 10.1 Å². The highest BCUT2D eigenvalue weighted by molar-refractivity contribution is 5.38. The van der Waals surface area contributed by atoms with E-state index in [1.807, 2.05) is 0 Å². The molecule has 0 spiro atoms. The summed E-state index contributed by atoms with van der Waals surface area (Å²) in [5.74, 6) is 1.03. The maximum atomic E-state index is 6.19. The molecule has 2 heteroatoms. The van der Waals surface area contributed by atoms with E-state index in [0.29, 0.717) is 0 Å². The van der Waals surface area contributed by atoms with Crippen molar-refractivity contribution in [3.8, 4) is 5.75 Å². The molecule has 88 valence electrons. The second-order valence-corrected chi connectivity index (χ2v) is 5.03. The molecular weight excluding hydrogens is 198 g/mol. The van der Waals surface area contributed by atoms with Crippen LogP contribution in [0.15, 0.2) is 18.2 Å². The number of aryl methyl sites for hydroxylation is 1. The number of rotatable bonds is 2. The molecule has 0 aromatic heterocycles. The van der Waals surface area contributed by atoms with Crippen molar-refractivity contribution in [2.24, 2.45) is 0 Å². The third kappa shape index (κ3) is 2.38. The molecule has 2 nitrogen and oxygen atoms in total. The maximum absolute atomic E-state index is 6.19. The normalized spacial score (nSPS) is 25.4. The Morgan fingerprint density at radius 2 is 2.12 bits per heavy atom. The van der Waals surface area contributed by atoms with Crippen LogP contribution in [0, 0.1) is 13.8 Å². The number of benzene rings is 1. The quantitative estimate of drug-likeness (QED) is 0.826. The molecular formula is C14H21NO. The SMILES string of the molecule is Cc1cccc(OC2(C)CCCNC2)c1C. The smallest absolute Gasteiger partial charge is 0.123 e. The van der Waals surface area contributed by atoms with Gasteiger partial charge in [0.25, 0.3) is 0 Å². The van der Waals surface area contributed by atoms with E-state index in [2.05, 4.69) is 44.3 Å². The van der Waals surface area contributed by atoms with Gasteiger partial charge in [-0.2, -0.15) is 0 Å². The van der Waals surface area contributed by atoms with E-state index in [4.69, 9.17) is 4.74 Å².